The van der Waals surface area contributed by atoms with Gasteiger partial charge < -0.3 is 19.5 Å². The number of anilines is 2. The van der Waals surface area contributed by atoms with E-state index in [2.05, 4.69) is 49.1 Å². The van der Waals surface area contributed by atoms with Crippen LogP contribution in [0, 0.1) is 0 Å². The molecule has 0 bridgehead atoms. The number of hydrazone groups is 1. The maximum absolute atomic E-state index is 9.41. The summed E-state index contributed by atoms with van der Waals surface area (Å²) >= 11 is 0. The number of hydrogen-bond acceptors (Lipinski definition) is 10. The Morgan fingerprint density at radius 3 is 2.51 bits per heavy atom. The first-order chi connectivity index (χ1) is 17.2. The summed E-state index contributed by atoms with van der Waals surface area (Å²) in [6.07, 6.45) is 4.70. The molecule has 2 heterocycles. The fourth-order valence-corrected chi connectivity index (χ4v) is 3.35. The van der Waals surface area contributed by atoms with Crippen LogP contribution < -0.4 is 15.1 Å². The number of aromatic nitrogens is 3. The summed E-state index contributed by atoms with van der Waals surface area (Å²) in [5.41, 5.74) is 3.67. The fraction of sp³-hybridized carbons (Fsp3) is 0.600. The van der Waals surface area contributed by atoms with E-state index in [0.717, 1.165) is 70.9 Å². The Morgan fingerprint density at radius 1 is 1.09 bits per heavy atom. The number of morpholine rings is 1. The van der Waals surface area contributed by atoms with Crippen LogP contribution in [0.25, 0.3) is 0 Å². The van der Waals surface area contributed by atoms with Crippen LogP contribution in [0.4, 0.5) is 11.6 Å². The smallest absolute Gasteiger partial charge is 0.321 e. The van der Waals surface area contributed by atoms with Crippen LogP contribution >= 0.6 is 0 Å². The van der Waals surface area contributed by atoms with E-state index in [1.807, 2.05) is 13.8 Å². The molecule has 0 atom stereocenters. The summed E-state index contributed by atoms with van der Waals surface area (Å²) in [6, 6.07) is 6.96. The van der Waals surface area contributed by atoms with Crippen molar-refractivity contribution >= 4 is 17.9 Å². The summed E-state index contributed by atoms with van der Waals surface area (Å²) in [5, 5.41) is 13.7. The molecule has 2 aromatic rings. The Balaban J connectivity index is 0.00000210. The van der Waals surface area contributed by atoms with Gasteiger partial charge in [-0.1, -0.05) is 34.1 Å². The molecule has 3 rings (SSSR count). The van der Waals surface area contributed by atoms with Crippen molar-refractivity contribution in [1.29, 1.82) is 0 Å². The molecule has 0 aliphatic carbocycles. The number of nitrogens with one attached hydrogen (secondary N) is 1. The predicted octanol–water partition coefficient (Wildman–Crippen LogP) is 3.78. The van der Waals surface area contributed by atoms with Gasteiger partial charge in [-0.15, -0.1) is 0 Å². The average Bonchev–Trinajstić information content (AvgIpc) is 2.89. The van der Waals surface area contributed by atoms with Crippen molar-refractivity contribution in [2.75, 3.05) is 62.9 Å². The van der Waals surface area contributed by atoms with E-state index in [1.165, 1.54) is 0 Å². The maximum atomic E-state index is 9.41. The van der Waals surface area contributed by atoms with Gasteiger partial charge in [-0.25, -0.2) is 0 Å². The third-order valence-corrected chi connectivity index (χ3v) is 5.16. The molecule has 1 saturated heterocycles. The molecule has 2 N–H and O–H groups in total. The minimum atomic E-state index is 0.202. The van der Waals surface area contributed by atoms with Crippen LogP contribution in [0.2, 0.25) is 0 Å². The molecule has 1 aliphatic heterocycles. The first-order valence-electron chi connectivity index (χ1n) is 12.7. The highest BCUT2D eigenvalue weighted by Crippen LogP contribution is 2.15. The minimum Gasteiger partial charge on any atom is -0.508 e. The van der Waals surface area contributed by atoms with Gasteiger partial charge in [-0.3, -0.25) is 10.3 Å². The quantitative estimate of drug-likeness (QED) is 0.248. The van der Waals surface area contributed by atoms with Gasteiger partial charge in [0.25, 0.3) is 0 Å². The van der Waals surface area contributed by atoms with Crippen molar-refractivity contribution in [2.45, 2.75) is 47.0 Å². The van der Waals surface area contributed by atoms with Crippen LogP contribution in [0.3, 0.4) is 0 Å². The highest BCUT2D eigenvalue weighted by Gasteiger charge is 2.14. The van der Waals surface area contributed by atoms with E-state index in [1.54, 1.807) is 30.5 Å². The molecule has 10 nitrogen and oxygen atoms in total. The third-order valence-electron chi connectivity index (χ3n) is 5.16. The highest BCUT2D eigenvalue weighted by atomic mass is 16.5. The zero-order valence-corrected chi connectivity index (χ0v) is 21.6. The Morgan fingerprint density at radius 2 is 1.83 bits per heavy atom. The topological polar surface area (TPSA) is 108 Å². The van der Waals surface area contributed by atoms with E-state index in [9.17, 15) is 5.11 Å². The number of phenols is 1. The molecule has 1 aromatic heterocycles. The molecular formula is C25H41N7O3. The lowest BCUT2D eigenvalue weighted by Crippen LogP contribution is -2.38. The lowest BCUT2D eigenvalue weighted by atomic mass is 10.3. The number of unbranched alkanes of at least 4 members (excludes halogenated alkanes) is 1. The Kier molecular flexibility index (Phi) is 13.4. The zero-order valence-electron chi connectivity index (χ0n) is 21.6. The van der Waals surface area contributed by atoms with Crippen LogP contribution in [0.1, 0.15) is 52.8 Å². The van der Waals surface area contributed by atoms with Gasteiger partial charge in [-0.2, -0.15) is 20.1 Å². The molecule has 0 saturated carbocycles. The second kappa shape index (κ2) is 16.6. The van der Waals surface area contributed by atoms with E-state index in [-0.39, 0.29) is 5.75 Å². The monoisotopic (exact) mass is 487 g/mol. The number of ether oxygens (including phenoxy) is 2. The van der Waals surface area contributed by atoms with E-state index < -0.39 is 0 Å². The third kappa shape index (κ3) is 10.4. The van der Waals surface area contributed by atoms with Crippen molar-refractivity contribution in [3.63, 3.8) is 0 Å². The average molecular weight is 488 g/mol. The molecule has 0 radical (unpaired) electrons. The molecule has 1 aliphatic rings. The van der Waals surface area contributed by atoms with E-state index >= 15 is 0 Å². The normalized spacial score (nSPS) is 13.8. The summed E-state index contributed by atoms with van der Waals surface area (Å²) in [4.78, 5) is 18.1. The number of benzene rings is 1. The van der Waals surface area contributed by atoms with Crippen molar-refractivity contribution in [3.8, 4) is 11.8 Å². The summed E-state index contributed by atoms with van der Waals surface area (Å²) in [5.74, 6) is 1.23. The largest absolute Gasteiger partial charge is 0.508 e. The van der Waals surface area contributed by atoms with Crippen molar-refractivity contribution in [1.82, 2.24) is 19.9 Å². The predicted molar refractivity (Wildman–Crippen MR) is 141 cm³/mol. The summed E-state index contributed by atoms with van der Waals surface area (Å²) in [7, 11) is 0. The van der Waals surface area contributed by atoms with Gasteiger partial charge >= 0.3 is 6.01 Å². The highest BCUT2D eigenvalue weighted by molar-refractivity contribution is 5.75. The molecule has 35 heavy (non-hydrogen) atoms. The van der Waals surface area contributed by atoms with Gasteiger partial charge in [0.1, 0.15) is 12.4 Å². The summed E-state index contributed by atoms with van der Waals surface area (Å²) in [6.45, 7) is 14.7. The minimum absolute atomic E-state index is 0.202. The van der Waals surface area contributed by atoms with Crippen LogP contribution in [-0.4, -0.2) is 83.7 Å². The van der Waals surface area contributed by atoms with Gasteiger partial charge in [-0.05, 0) is 37.1 Å². The van der Waals surface area contributed by atoms with Gasteiger partial charge in [0.2, 0.25) is 5.95 Å². The van der Waals surface area contributed by atoms with Crippen LogP contribution in [0.5, 0.6) is 11.8 Å². The second-order valence-corrected chi connectivity index (χ2v) is 7.84. The number of phenolic OH excluding ortho intramolecular Hbond substituents is 1. The standard InChI is InChI=1S/C23H35N7O3.C2H6/c1-3-5-11-30(10-4-2)22-25-21(18-24-28-19-6-8-20(31)9-7-19)26-23(27-22)33-17-14-29-12-15-32-16-13-29;1-2/h6-9,18,28,31H,3-5,10-17H2,1-2H3;1-2H3/b24-18+;. The first-order valence-corrected chi connectivity index (χ1v) is 12.7. The van der Waals surface area contributed by atoms with E-state index in [4.69, 9.17) is 9.47 Å². The molecule has 1 fully saturated rings. The van der Waals surface area contributed by atoms with Gasteiger partial charge in [0, 0.05) is 32.7 Å². The Hall–Kier alpha value is -2.98. The molecule has 194 valence electrons. The number of nitrogens with zero attached hydrogens (tertiary/aromatic N) is 6. The van der Waals surface area contributed by atoms with Crippen molar-refractivity contribution in [2.24, 2.45) is 5.10 Å². The maximum Gasteiger partial charge on any atom is 0.321 e. The fourth-order valence-electron chi connectivity index (χ4n) is 3.35. The number of aromatic hydroxyl groups is 1. The lowest BCUT2D eigenvalue weighted by Gasteiger charge is -2.26. The van der Waals surface area contributed by atoms with Gasteiger partial charge in [0.05, 0.1) is 25.1 Å². The molecule has 0 amide bonds. The lowest BCUT2D eigenvalue weighted by molar-refractivity contribution is 0.0317. The van der Waals surface area contributed by atoms with Crippen molar-refractivity contribution < 1.29 is 14.6 Å². The Labute approximate surface area is 209 Å². The van der Waals surface area contributed by atoms with E-state index in [0.29, 0.717) is 24.4 Å². The van der Waals surface area contributed by atoms with Gasteiger partial charge in [0.15, 0.2) is 5.82 Å². The SMILES string of the molecule is CC.CCCCN(CCC)c1nc(/C=N/Nc2ccc(O)cc2)nc(OCCN2CCOCC2)n1. The number of hydrogen-bond donors (Lipinski definition) is 2. The van der Waals surface area contributed by atoms with Crippen LogP contribution in [0.15, 0.2) is 29.4 Å². The molecule has 0 spiro atoms. The zero-order chi connectivity index (χ0) is 25.3. The Bertz CT molecular complexity index is 859. The molecule has 0 unspecified atom stereocenters. The number of rotatable bonds is 13. The molecular weight excluding hydrogens is 446 g/mol. The van der Waals surface area contributed by atoms with Crippen LogP contribution in [-0.2, 0) is 4.74 Å². The second-order valence-electron chi connectivity index (χ2n) is 7.84. The molecule has 10 heteroatoms. The molecule has 1 aromatic carbocycles. The first kappa shape index (κ1) is 28.3. The van der Waals surface area contributed by atoms with Crippen molar-refractivity contribution in [3.05, 3.63) is 30.1 Å². The summed E-state index contributed by atoms with van der Waals surface area (Å²) < 4.78 is 11.3.